The first kappa shape index (κ1) is 15.2. The van der Waals surface area contributed by atoms with Crippen molar-refractivity contribution in [1.29, 1.82) is 0 Å². The van der Waals surface area contributed by atoms with Gasteiger partial charge in [0.15, 0.2) is 5.78 Å². The first-order chi connectivity index (χ1) is 11.1. The smallest absolute Gasteiger partial charge is 0.273 e. The van der Waals surface area contributed by atoms with Crippen molar-refractivity contribution in [2.45, 2.75) is 6.92 Å². The van der Waals surface area contributed by atoms with Crippen LogP contribution in [-0.2, 0) is 4.74 Å². The second kappa shape index (κ2) is 6.62. The Labute approximate surface area is 133 Å². The fraction of sp³-hybridized carbons (Fsp3) is 0.312. The fourth-order valence-corrected chi connectivity index (χ4v) is 2.38. The maximum Gasteiger partial charge on any atom is 0.273 e. The third-order valence-corrected chi connectivity index (χ3v) is 3.70. The molecule has 0 radical (unpaired) electrons. The van der Waals surface area contributed by atoms with Crippen LogP contribution in [0.3, 0.4) is 0 Å². The first-order valence-electron chi connectivity index (χ1n) is 7.43. The first-order valence-corrected chi connectivity index (χ1v) is 7.43. The van der Waals surface area contributed by atoms with Crippen molar-refractivity contribution in [3.8, 4) is 0 Å². The highest BCUT2D eigenvalue weighted by molar-refractivity contribution is 6.04. The summed E-state index contributed by atoms with van der Waals surface area (Å²) in [5.41, 5.74) is 1.81. The van der Waals surface area contributed by atoms with E-state index in [1.165, 1.54) is 19.2 Å². The van der Waals surface area contributed by atoms with Gasteiger partial charge in [0.1, 0.15) is 11.5 Å². The molecule has 3 rings (SSSR count). The van der Waals surface area contributed by atoms with Crippen molar-refractivity contribution in [3.05, 3.63) is 41.9 Å². The molecule has 0 bridgehead atoms. The van der Waals surface area contributed by atoms with E-state index in [2.05, 4.69) is 20.2 Å². The van der Waals surface area contributed by atoms with Gasteiger partial charge in [-0.25, -0.2) is 4.98 Å². The lowest BCUT2D eigenvalue weighted by molar-refractivity contribution is 0.101. The highest BCUT2D eigenvalue weighted by atomic mass is 16.5. The van der Waals surface area contributed by atoms with Gasteiger partial charge in [0, 0.05) is 24.8 Å². The van der Waals surface area contributed by atoms with E-state index in [0.717, 1.165) is 18.8 Å². The normalized spacial score (nSPS) is 14.6. The molecule has 1 aliphatic heterocycles. The lowest BCUT2D eigenvalue weighted by Gasteiger charge is -2.28. The molecule has 23 heavy (non-hydrogen) atoms. The summed E-state index contributed by atoms with van der Waals surface area (Å²) < 4.78 is 5.32. The molecule has 0 unspecified atom stereocenters. The lowest BCUT2D eigenvalue weighted by atomic mass is 10.2. The summed E-state index contributed by atoms with van der Waals surface area (Å²) in [4.78, 5) is 32.6. The Morgan fingerprint density at radius 3 is 2.70 bits per heavy atom. The second-order valence-corrected chi connectivity index (χ2v) is 5.31. The van der Waals surface area contributed by atoms with Gasteiger partial charge in [-0.3, -0.25) is 9.59 Å². The van der Waals surface area contributed by atoms with Gasteiger partial charge in [0.05, 0.1) is 25.1 Å². The maximum absolute atomic E-state index is 12.1. The van der Waals surface area contributed by atoms with E-state index in [0.29, 0.717) is 30.3 Å². The summed E-state index contributed by atoms with van der Waals surface area (Å²) in [6, 6.07) is 5.21. The molecule has 0 saturated carbocycles. The number of carbonyl (C=O) groups excluding carboxylic acids is 2. The van der Waals surface area contributed by atoms with Crippen molar-refractivity contribution >= 4 is 23.2 Å². The number of ketones is 1. The molecule has 7 nitrogen and oxygen atoms in total. The standard InChI is InChI=1S/C16H18N4O3/c1-11(21)12-8-14(17-9-12)16(22)19-15-3-2-13(10-18-15)20-4-6-23-7-5-20/h2-3,8-10,17H,4-7H2,1H3,(H,18,19,22). The zero-order valence-corrected chi connectivity index (χ0v) is 12.8. The molecule has 7 heteroatoms. The quantitative estimate of drug-likeness (QED) is 0.839. The van der Waals surface area contributed by atoms with Gasteiger partial charge in [-0.2, -0.15) is 0 Å². The predicted octanol–water partition coefficient (Wildman–Crippen LogP) is 1.70. The number of pyridine rings is 1. The van der Waals surface area contributed by atoms with Crippen molar-refractivity contribution < 1.29 is 14.3 Å². The Balaban J connectivity index is 1.65. The van der Waals surface area contributed by atoms with Crippen molar-refractivity contribution in [3.63, 3.8) is 0 Å². The summed E-state index contributed by atoms with van der Waals surface area (Å²) in [6.45, 7) is 4.55. The van der Waals surface area contributed by atoms with E-state index in [4.69, 9.17) is 4.74 Å². The van der Waals surface area contributed by atoms with E-state index < -0.39 is 0 Å². The van der Waals surface area contributed by atoms with E-state index in [-0.39, 0.29) is 11.7 Å². The van der Waals surface area contributed by atoms with Gasteiger partial charge in [0.2, 0.25) is 0 Å². The lowest BCUT2D eigenvalue weighted by Crippen LogP contribution is -2.36. The van der Waals surface area contributed by atoms with Crippen LogP contribution in [0.4, 0.5) is 11.5 Å². The minimum atomic E-state index is -0.330. The SMILES string of the molecule is CC(=O)c1c[nH]c(C(=O)Nc2ccc(N3CCOCC3)cn2)c1. The number of rotatable bonds is 4. The maximum atomic E-state index is 12.1. The Kier molecular flexibility index (Phi) is 4.38. The molecule has 1 amide bonds. The van der Waals surface area contributed by atoms with Crippen LogP contribution in [-0.4, -0.2) is 48.0 Å². The Morgan fingerprint density at radius 2 is 2.09 bits per heavy atom. The predicted molar refractivity (Wildman–Crippen MR) is 86.0 cm³/mol. The zero-order chi connectivity index (χ0) is 16.2. The average molecular weight is 314 g/mol. The van der Waals surface area contributed by atoms with Crippen molar-refractivity contribution in [1.82, 2.24) is 9.97 Å². The monoisotopic (exact) mass is 314 g/mol. The van der Waals surface area contributed by atoms with Gasteiger partial charge >= 0.3 is 0 Å². The molecule has 2 aromatic rings. The van der Waals surface area contributed by atoms with Gasteiger partial charge in [-0.1, -0.05) is 0 Å². The molecular weight excluding hydrogens is 296 g/mol. The average Bonchev–Trinajstić information content (AvgIpc) is 3.07. The zero-order valence-electron chi connectivity index (χ0n) is 12.8. The number of aromatic nitrogens is 2. The van der Waals surface area contributed by atoms with Crippen LogP contribution in [0.5, 0.6) is 0 Å². The minimum Gasteiger partial charge on any atom is -0.378 e. The molecule has 3 heterocycles. The molecule has 2 aromatic heterocycles. The van der Waals surface area contributed by atoms with E-state index in [9.17, 15) is 9.59 Å². The third kappa shape index (κ3) is 3.57. The van der Waals surface area contributed by atoms with Gasteiger partial charge in [-0.15, -0.1) is 0 Å². The number of nitrogens with zero attached hydrogens (tertiary/aromatic N) is 2. The Morgan fingerprint density at radius 1 is 1.30 bits per heavy atom. The van der Waals surface area contributed by atoms with Crippen LogP contribution in [0.1, 0.15) is 27.8 Å². The number of hydrogen-bond donors (Lipinski definition) is 2. The molecule has 0 atom stereocenters. The number of H-pyrrole nitrogens is 1. The number of amides is 1. The van der Waals surface area contributed by atoms with Crippen LogP contribution in [0, 0.1) is 0 Å². The fourth-order valence-electron chi connectivity index (χ4n) is 2.38. The number of nitrogens with one attached hydrogen (secondary N) is 2. The highest BCUT2D eigenvalue weighted by Gasteiger charge is 2.13. The van der Waals surface area contributed by atoms with Crippen molar-refractivity contribution in [2.24, 2.45) is 0 Å². The summed E-state index contributed by atoms with van der Waals surface area (Å²) in [5, 5.41) is 2.70. The van der Waals surface area contributed by atoms with Crippen LogP contribution in [0.2, 0.25) is 0 Å². The highest BCUT2D eigenvalue weighted by Crippen LogP contribution is 2.17. The molecule has 0 aromatic carbocycles. The minimum absolute atomic E-state index is 0.0895. The molecular formula is C16H18N4O3. The number of anilines is 2. The molecule has 0 spiro atoms. The summed E-state index contributed by atoms with van der Waals surface area (Å²) in [6.07, 6.45) is 3.25. The van der Waals surface area contributed by atoms with E-state index >= 15 is 0 Å². The number of ether oxygens (including phenoxy) is 1. The molecule has 0 aliphatic carbocycles. The summed E-state index contributed by atoms with van der Waals surface area (Å²) >= 11 is 0. The number of carbonyl (C=O) groups is 2. The van der Waals surface area contributed by atoms with Crippen LogP contribution in [0.15, 0.2) is 30.6 Å². The molecule has 1 saturated heterocycles. The second-order valence-electron chi connectivity index (χ2n) is 5.31. The largest absolute Gasteiger partial charge is 0.378 e. The van der Waals surface area contributed by atoms with Gasteiger partial charge < -0.3 is 19.9 Å². The molecule has 1 aliphatic rings. The molecule has 120 valence electrons. The molecule has 2 N–H and O–H groups in total. The topological polar surface area (TPSA) is 87.3 Å². The van der Waals surface area contributed by atoms with Crippen molar-refractivity contribution in [2.75, 3.05) is 36.5 Å². The van der Waals surface area contributed by atoms with E-state index in [1.807, 2.05) is 6.07 Å². The number of morpholine rings is 1. The summed E-state index contributed by atoms with van der Waals surface area (Å²) in [7, 11) is 0. The Bertz CT molecular complexity index is 702. The van der Waals surface area contributed by atoms with Crippen LogP contribution in [0.25, 0.3) is 0 Å². The van der Waals surface area contributed by atoms with Gasteiger partial charge in [0.25, 0.3) is 5.91 Å². The molecule has 1 fully saturated rings. The Hall–Kier alpha value is -2.67. The van der Waals surface area contributed by atoms with Gasteiger partial charge in [-0.05, 0) is 25.1 Å². The third-order valence-electron chi connectivity index (χ3n) is 3.70. The van der Waals surface area contributed by atoms with Crippen LogP contribution < -0.4 is 10.2 Å². The van der Waals surface area contributed by atoms with E-state index in [1.54, 1.807) is 12.3 Å². The summed E-state index contributed by atoms with van der Waals surface area (Å²) in [5.74, 6) is 0.0448. The number of aromatic amines is 1. The number of hydrogen-bond acceptors (Lipinski definition) is 5. The van der Waals surface area contributed by atoms with Crippen LogP contribution >= 0.6 is 0 Å². The number of Topliss-reactive ketones (excluding diaryl/α,β-unsaturated/α-hetero) is 1.